The molecule has 0 aliphatic heterocycles. The van der Waals surface area contributed by atoms with Gasteiger partial charge < -0.3 is 14.6 Å². The second-order valence-corrected chi connectivity index (χ2v) is 5.51. The molecule has 1 N–H and O–H groups in total. The Hall–Kier alpha value is -3.15. The molecule has 0 atom stereocenters. The maximum absolute atomic E-state index is 13.6. The van der Waals surface area contributed by atoms with Gasteiger partial charge in [0.25, 0.3) is 5.91 Å². The molecule has 0 unspecified atom stereocenters. The third kappa shape index (κ3) is 3.24. The fourth-order valence-corrected chi connectivity index (χ4v) is 2.69. The summed E-state index contributed by atoms with van der Waals surface area (Å²) in [5, 5.41) is 2.86. The summed E-state index contributed by atoms with van der Waals surface area (Å²) in [5.41, 5.74) is 0.556. The first-order valence-electron chi connectivity index (χ1n) is 7.81. The van der Waals surface area contributed by atoms with Crippen molar-refractivity contribution in [3.05, 3.63) is 70.3 Å². The SMILES string of the molecule is CCn1cc(C(=O)Nc2cccc(OC)c2)c(=O)c2cc(F)ccc21. The molecule has 2 aromatic carbocycles. The number of hydrogen-bond donors (Lipinski definition) is 1. The fraction of sp³-hybridized carbons (Fsp3) is 0.158. The summed E-state index contributed by atoms with van der Waals surface area (Å²) in [4.78, 5) is 25.2. The molecule has 0 saturated heterocycles. The molecule has 1 amide bonds. The Labute approximate surface area is 143 Å². The van der Waals surface area contributed by atoms with E-state index in [2.05, 4.69) is 5.32 Å². The van der Waals surface area contributed by atoms with E-state index in [-0.39, 0.29) is 10.9 Å². The van der Waals surface area contributed by atoms with E-state index in [1.54, 1.807) is 34.9 Å². The van der Waals surface area contributed by atoms with Crippen LogP contribution in [-0.4, -0.2) is 17.6 Å². The number of nitrogens with zero attached hydrogens (tertiary/aromatic N) is 1. The molecule has 128 valence electrons. The van der Waals surface area contributed by atoms with Crippen LogP contribution < -0.4 is 15.5 Å². The van der Waals surface area contributed by atoms with E-state index in [4.69, 9.17) is 4.74 Å². The Morgan fingerprint density at radius 1 is 1.24 bits per heavy atom. The third-order valence-corrected chi connectivity index (χ3v) is 3.96. The zero-order valence-electron chi connectivity index (χ0n) is 13.9. The maximum atomic E-state index is 13.6. The number of rotatable bonds is 4. The molecule has 1 aromatic heterocycles. The summed E-state index contributed by atoms with van der Waals surface area (Å²) in [7, 11) is 1.53. The van der Waals surface area contributed by atoms with Gasteiger partial charge in [-0.2, -0.15) is 0 Å². The van der Waals surface area contributed by atoms with Crippen LogP contribution in [0.5, 0.6) is 5.75 Å². The van der Waals surface area contributed by atoms with Crippen molar-refractivity contribution in [2.45, 2.75) is 13.5 Å². The summed E-state index contributed by atoms with van der Waals surface area (Å²) in [6, 6.07) is 10.8. The Morgan fingerprint density at radius 3 is 2.76 bits per heavy atom. The van der Waals surface area contributed by atoms with Crippen LogP contribution in [0, 0.1) is 5.82 Å². The van der Waals surface area contributed by atoms with Gasteiger partial charge in [0.2, 0.25) is 5.43 Å². The number of aryl methyl sites for hydroxylation is 1. The lowest BCUT2D eigenvalue weighted by Crippen LogP contribution is -2.24. The number of carbonyl (C=O) groups is 1. The highest BCUT2D eigenvalue weighted by atomic mass is 19.1. The number of amides is 1. The number of methoxy groups -OCH3 is 1. The van der Waals surface area contributed by atoms with Crippen molar-refractivity contribution >= 4 is 22.5 Å². The van der Waals surface area contributed by atoms with Crippen LogP contribution in [0.2, 0.25) is 0 Å². The van der Waals surface area contributed by atoms with E-state index in [1.165, 1.54) is 19.4 Å². The van der Waals surface area contributed by atoms with Crippen molar-refractivity contribution in [1.82, 2.24) is 4.57 Å². The average Bonchev–Trinajstić information content (AvgIpc) is 2.62. The zero-order valence-corrected chi connectivity index (χ0v) is 13.9. The third-order valence-electron chi connectivity index (χ3n) is 3.96. The standard InChI is InChI=1S/C19H17FN2O3/c1-3-22-11-16(18(23)15-9-12(20)7-8-17(15)22)19(24)21-13-5-4-6-14(10-13)25-2/h4-11H,3H2,1-2H3,(H,21,24). The van der Waals surface area contributed by atoms with Gasteiger partial charge >= 0.3 is 0 Å². The summed E-state index contributed by atoms with van der Waals surface area (Å²) in [5.74, 6) is -0.478. The van der Waals surface area contributed by atoms with Gasteiger partial charge in [0.05, 0.1) is 12.6 Å². The summed E-state index contributed by atoms with van der Waals surface area (Å²) in [6.45, 7) is 2.43. The van der Waals surface area contributed by atoms with Crippen molar-refractivity contribution in [2.24, 2.45) is 0 Å². The van der Waals surface area contributed by atoms with E-state index in [1.807, 2.05) is 6.92 Å². The lowest BCUT2D eigenvalue weighted by atomic mass is 10.1. The van der Waals surface area contributed by atoms with Crippen LogP contribution in [-0.2, 0) is 6.54 Å². The van der Waals surface area contributed by atoms with E-state index >= 15 is 0 Å². The van der Waals surface area contributed by atoms with Crippen LogP contribution >= 0.6 is 0 Å². The number of hydrogen-bond acceptors (Lipinski definition) is 3. The van der Waals surface area contributed by atoms with Crippen LogP contribution in [0.3, 0.4) is 0 Å². The molecule has 1 heterocycles. The van der Waals surface area contributed by atoms with E-state index in [9.17, 15) is 14.0 Å². The summed E-state index contributed by atoms with van der Waals surface area (Å²) < 4.78 is 20.4. The van der Waals surface area contributed by atoms with Gasteiger partial charge in [0.1, 0.15) is 17.1 Å². The van der Waals surface area contributed by atoms with Gasteiger partial charge in [-0.3, -0.25) is 9.59 Å². The van der Waals surface area contributed by atoms with Crippen molar-refractivity contribution in [3.8, 4) is 5.75 Å². The number of ether oxygens (including phenoxy) is 1. The first-order chi connectivity index (χ1) is 12.0. The molecule has 0 bridgehead atoms. The predicted molar refractivity (Wildman–Crippen MR) is 94.8 cm³/mol. The smallest absolute Gasteiger partial charge is 0.261 e. The highest BCUT2D eigenvalue weighted by Gasteiger charge is 2.16. The molecular formula is C19H17FN2O3. The zero-order chi connectivity index (χ0) is 18.0. The minimum absolute atomic E-state index is 0.0391. The van der Waals surface area contributed by atoms with Gasteiger partial charge in [-0.15, -0.1) is 0 Å². The van der Waals surface area contributed by atoms with E-state index in [0.29, 0.717) is 23.5 Å². The van der Waals surface area contributed by atoms with Gasteiger partial charge in [-0.1, -0.05) is 6.07 Å². The molecule has 3 aromatic rings. The van der Waals surface area contributed by atoms with Gasteiger partial charge in [-0.25, -0.2) is 4.39 Å². The van der Waals surface area contributed by atoms with Crippen LogP contribution in [0.4, 0.5) is 10.1 Å². The number of carbonyl (C=O) groups excluding carboxylic acids is 1. The van der Waals surface area contributed by atoms with Crippen LogP contribution in [0.15, 0.2) is 53.5 Å². The Kier molecular flexibility index (Phi) is 4.52. The van der Waals surface area contributed by atoms with Crippen LogP contribution in [0.1, 0.15) is 17.3 Å². The Bertz CT molecular complexity index is 1010. The summed E-state index contributed by atoms with van der Waals surface area (Å²) >= 11 is 0. The monoisotopic (exact) mass is 340 g/mol. The first kappa shape index (κ1) is 16.7. The number of benzene rings is 2. The molecule has 0 spiro atoms. The molecule has 3 rings (SSSR count). The van der Waals surface area contributed by atoms with Crippen molar-refractivity contribution in [3.63, 3.8) is 0 Å². The molecule has 0 aliphatic carbocycles. The summed E-state index contributed by atoms with van der Waals surface area (Å²) in [6.07, 6.45) is 1.50. The van der Waals surface area contributed by atoms with Gasteiger partial charge in [0.15, 0.2) is 0 Å². The van der Waals surface area contributed by atoms with Gasteiger partial charge in [-0.05, 0) is 37.3 Å². The van der Waals surface area contributed by atoms with Crippen LogP contribution in [0.25, 0.3) is 10.9 Å². The quantitative estimate of drug-likeness (QED) is 0.792. The second kappa shape index (κ2) is 6.76. The highest BCUT2D eigenvalue weighted by Crippen LogP contribution is 2.18. The molecule has 5 nitrogen and oxygen atoms in total. The topological polar surface area (TPSA) is 60.3 Å². The minimum Gasteiger partial charge on any atom is -0.497 e. The fourth-order valence-electron chi connectivity index (χ4n) is 2.69. The van der Waals surface area contributed by atoms with Crippen molar-refractivity contribution in [1.29, 1.82) is 0 Å². The molecule has 0 saturated carbocycles. The minimum atomic E-state index is -0.549. The number of anilines is 1. The highest BCUT2D eigenvalue weighted by molar-refractivity contribution is 6.05. The Morgan fingerprint density at radius 2 is 2.04 bits per heavy atom. The number of pyridine rings is 1. The van der Waals surface area contributed by atoms with Crippen molar-refractivity contribution in [2.75, 3.05) is 12.4 Å². The number of nitrogens with one attached hydrogen (secondary N) is 1. The normalized spacial score (nSPS) is 10.7. The molecule has 6 heteroatoms. The Balaban J connectivity index is 2.06. The first-order valence-corrected chi connectivity index (χ1v) is 7.81. The molecule has 25 heavy (non-hydrogen) atoms. The average molecular weight is 340 g/mol. The number of halogens is 1. The molecule has 0 radical (unpaired) electrons. The maximum Gasteiger partial charge on any atom is 0.261 e. The lowest BCUT2D eigenvalue weighted by Gasteiger charge is -2.12. The number of aromatic nitrogens is 1. The largest absolute Gasteiger partial charge is 0.497 e. The molecule has 0 aliphatic rings. The number of fused-ring (bicyclic) bond motifs is 1. The molecule has 0 fully saturated rings. The van der Waals surface area contributed by atoms with Gasteiger partial charge in [0, 0.05) is 29.9 Å². The van der Waals surface area contributed by atoms with E-state index in [0.717, 1.165) is 6.07 Å². The van der Waals surface area contributed by atoms with E-state index < -0.39 is 17.2 Å². The molecular weight excluding hydrogens is 323 g/mol. The predicted octanol–water partition coefficient (Wildman–Crippen LogP) is 3.42. The van der Waals surface area contributed by atoms with Crippen molar-refractivity contribution < 1.29 is 13.9 Å². The lowest BCUT2D eigenvalue weighted by molar-refractivity contribution is 0.102. The second-order valence-electron chi connectivity index (χ2n) is 5.51.